The Balaban J connectivity index is 2.18. The molecule has 2 rings (SSSR count). The van der Waals surface area contributed by atoms with Gasteiger partial charge in [0.25, 0.3) is 10.0 Å². The highest BCUT2D eigenvalue weighted by atomic mass is 32.2. The number of sulfonamides is 1. The van der Waals surface area contributed by atoms with Gasteiger partial charge in [-0.05, 0) is 7.05 Å². The summed E-state index contributed by atoms with van der Waals surface area (Å²) in [5.41, 5.74) is 0. The number of aromatic amines is 1. The minimum absolute atomic E-state index is 0.207. The van der Waals surface area contributed by atoms with Crippen LogP contribution in [0.3, 0.4) is 0 Å². The van der Waals surface area contributed by atoms with Gasteiger partial charge in [0.2, 0.25) is 0 Å². The van der Waals surface area contributed by atoms with Gasteiger partial charge in [-0.15, -0.1) is 0 Å². The molecule has 1 saturated heterocycles. The fourth-order valence-electron chi connectivity index (χ4n) is 1.82. The molecule has 0 unspecified atom stereocenters. The molecule has 1 aromatic heterocycles. The molecule has 0 atom stereocenters. The van der Waals surface area contributed by atoms with Gasteiger partial charge in [0.15, 0.2) is 5.03 Å². The zero-order valence-corrected chi connectivity index (χ0v) is 11.0. The molecule has 0 amide bonds. The second-order valence-electron chi connectivity index (χ2n) is 4.26. The van der Waals surface area contributed by atoms with E-state index in [-0.39, 0.29) is 5.03 Å². The number of hydrogen-bond donors (Lipinski definition) is 1. The molecule has 1 aromatic rings. The molecule has 0 aromatic carbocycles. The fourth-order valence-corrected chi connectivity index (χ4v) is 3.18. The number of aromatic nitrogens is 2. The van der Waals surface area contributed by atoms with E-state index in [1.807, 2.05) is 14.0 Å². The first-order chi connectivity index (χ1) is 8.04. The third-order valence-corrected chi connectivity index (χ3v) is 4.83. The van der Waals surface area contributed by atoms with Crippen LogP contribution in [0.5, 0.6) is 0 Å². The van der Waals surface area contributed by atoms with Gasteiger partial charge in [-0.2, -0.15) is 4.31 Å². The van der Waals surface area contributed by atoms with Crippen LogP contribution in [0.4, 0.5) is 0 Å². The molecule has 2 heterocycles. The van der Waals surface area contributed by atoms with E-state index in [1.54, 1.807) is 0 Å². The third-order valence-electron chi connectivity index (χ3n) is 3.02. The summed E-state index contributed by atoms with van der Waals surface area (Å²) in [4.78, 5) is 9.02. The summed E-state index contributed by atoms with van der Waals surface area (Å²) in [5, 5.41) is 0.207. The first kappa shape index (κ1) is 12.5. The van der Waals surface area contributed by atoms with Crippen LogP contribution in [0.2, 0.25) is 0 Å². The predicted octanol–water partition coefficient (Wildman–Crippen LogP) is -0.0918. The molecule has 7 heteroatoms. The smallest absolute Gasteiger partial charge is 0.260 e. The maximum Gasteiger partial charge on any atom is 0.260 e. The number of imidazole rings is 1. The average Bonchev–Trinajstić information content (AvgIpc) is 2.78. The van der Waals surface area contributed by atoms with Crippen LogP contribution in [0.1, 0.15) is 12.7 Å². The highest BCUT2D eigenvalue weighted by molar-refractivity contribution is 7.89. The Morgan fingerprint density at radius 1 is 1.35 bits per heavy atom. The lowest BCUT2D eigenvalue weighted by molar-refractivity contribution is 0.222. The summed E-state index contributed by atoms with van der Waals surface area (Å²) in [5.74, 6) is 0.706. The van der Waals surface area contributed by atoms with E-state index >= 15 is 0 Å². The van der Waals surface area contributed by atoms with E-state index in [0.29, 0.717) is 25.3 Å². The molecule has 0 radical (unpaired) electrons. The number of rotatable bonds is 3. The van der Waals surface area contributed by atoms with Gasteiger partial charge in [0, 0.05) is 32.6 Å². The van der Waals surface area contributed by atoms with E-state index in [4.69, 9.17) is 0 Å². The monoisotopic (exact) mass is 258 g/mol. The number of nitrogens with zero attached hydrogens (tertiary/aromatic N) is 3. The first-order valence-electron chi connectivity index (χ1n) is 5.76. The van der Waals surface area contributed by atoms with Crippen molar-refractivity contribution >= 4 is 10.0 Å². The van der Waals surface area contributed by atoms with Crippen molar-refractivity contribution in [1.29, 1.82) is 0 Å². The van der Waals surface area contributed by atoms with Crippen molar-refractivity contribution in [1.82, 2.24) is 19.2 Å². The maximum absolute atomic E-state index is 12.3. The van der Waals surface area contributed by atoms with Crippen molar-refractivity contribution in [2.45, 2.75) is 18.4 Å². The third kappa shape index (κ3) is 2.51. The highest BCUT2D eigenvalue weighted by Gasteiger charge is 2.28. The lowest BCUT2D eigenvalue weighted by Crippen LogP contribution is -2.47. The Bertz CT molecular complexity index is 474. The van der Waals surface area contributed by atoms with E-state index in [0.717, 1.165) is 13.1 Å². The van der Waals surface area contributed by atoms with Gasteiger partial charge in [-0.3, -0.25) is 0 Å². The molecule has 0 aliphatic carbocycles. The molecule has 1 N–H and O–H groups in total. The topological polar surface area (TPSA) is 69.3 Å². The number of nitrogens with one attached hydrogen (secondary N) is 1. The van der Waals surface area contributed by atoms with Crippen molar-refractivity contribution in [3.8, 4) is 0 Å². The van der Waals surface area contributed by atoms with Gasteiger partial charge in [-0.1, -0.05) is 6.92 Å². The molecule has 17 heavy (non-hydrogen) atoms. The Hall–Kier alpha value is -0.920. The molecule has 1 aliphatic heterocycles. The Morgan fingerprint density at radius 2 is 2.00 bits per heavy atom. The number of piperazine rings is 1. The van der Waals surface area contributed by atoms with Crippen molar-refractivity contribution < 1.29 is 8.42 Å². The number of likely N-dealkylation sites (N-methyl/N-ethyl adjacent to an activating group) is 1. The van der Waals surface area contributed by atoms with Crippen LogP contribution in [-0.4, -0.2) is 60.8 Å². The zero-order valence-electron chi connectivity index (χ0n) is 10.2. The summed E-state index contributed by atoms with van der Waals surface area (Å²) in [6.45, 7) is 4.56. The van der Waals surface area contributed by atoms with Crippen LogP contribution in [0.15, 0.2) is 11.2 Å². The SMILES string of the molecule is CCc1ncc(S(=O)(=O)N2CCN(C)CC2)[nH]1. The second-order valence-corrected chi connectivity index (χ2v) is 6.16. The quantitative estimate of drug-likeness (QED) is 0.822. The van der Waals surface area contributed by atoms with Crippen LogP contribution in [0, 0.1) is 0 Å². The fraction of sp³-hybridized carbons (Fsp3) is 0.700. The number of H-pyrrole nitrogens is 1. The van der Waals surface area contributed by atoms with Crippen molar-refractivity contribution in [2.75, 3.05) is 33.2 Å². The summed E-state index contributed by atoms with van der Waals surface area (Å²) in [6.07, 6.45) is 2.12. The van der Waals surface area contributed by atoms with Gasteiger partial charge < -0.3 is 9.88 Å². The van der Waals surface area contributed by atoms with E-state index in [2.05, 4.69) is 14.9 Å². The molecule has 6 nitrogen and oxygen atoms in total. The lowest BCUT2D eigenvalue weighted by Gasteiger charge is -2.30. The Morgan fingerprint density at radius 3 is 2.53 bits per heavy atom. The van der Waals surface area contributed by atoms with Gasteiger partial charge in [0.05, 0.1) is 6.20 Å². The van der Waals surface area contributed by atoms with E-state index < -0.39 is 10.0 Å². The molecule has 1 aliphatic rings. The van der Waals surface area contributed by atoms with Crippen LogP contribution in [-0.2, 0) is 16.4 Å². The minimum atomic E-state index is -3.39. The average molecular weight is 258 g/mol. The molecule has 0 spiro atoms. The summed E-state index contributed by atoms with van der Waals surface area (Å²) < 4.78 is 26.0. The van der Waals surface area contributed by atoms with Crippen molar-refractivity contribution in [3.63, 3.8) is 0 Å². The predicted molar refractivity (Wildman–Crippen MR) is 64.2 cm³/mol. The van der Waals surface area contributed by atoms with Gasteiger partial charge in [0.1, 0.15) is 5.82 Å². The minimum Gasteiger partial charge on any atom is -0.332 e. The Labute approximate surface area is 102 Å². The van der Waals surface area contributed by atoms with Crippen LogP contribution >= 0.6 is 0 Å². The van der Waals surface area contributed by atoms with Gasteiger partial charge in [-0.25, -0.2) is 13.4 Å². The Kier molecular flexibility index (Phi) is 3.50. The van der Waals surface area contributed by atoms with E-state index in [9.17, 15) is 8.42 Å². The van der Waals surface area contributed by atoms with Crippen LogP contribution < -0.4 is 0 Å². The standard InChI is InChI=1S/C10H18N4O2S/c1-3-9-11-8-10(12-9)17(15,16)14-6-4-13(2)5-7-14/h8H,3-7H2,1-2H3,(H,11,12). The number of hydrogen-bond acceptors (Lipinski definition) is 4. The lowest BCUT2D eigenvalue weighted by atomic mass is 10.4. The largest absolute Gasteiger partial charge is 0.332 e. The molecular formula is C10H18N4O2S. The van der Waals surface area contributed by atoms with E-state index in [1.165, 1.54) is 10.5 Å². The molecule has 0 saturated carbocycles. The molecular weight excluding hydrogens is 240 g/mol. The second kappa shape index (κ2) is 4.75. The van der Waals surface area contributed by atoms with Crippen LogP contribution in [0.25, 0.3) is 0 Å². The highest BCUT2D eigenvalue weighted by Crippen LogP contribution is 2.15. The van der Waals surface area contributed by atoms with Crippen molar-refractivity contribution in [3.05, 3.63) is 12.0 Å². The number of aryl methyl sites for hydroxylation is 1. The first-order valence-corrected chi connectivity index (χ1v) is 7.20. The maximum atomic E-state index is 12.3. The zero-order chi connectivity index (χ0) is 12.5. The molecule has 0 bridgehead atoms. The van der Waals surface area contributed by atoms with Gasteiger partial charge >= 0.3 is 0 Å². The summed E-state index contributed by atoms with van der Waals surface area (Å²) in [6, 6.07) is 0. The summed E-state index contributed by atoms with van der Waals surface area (Å²) in [7, 11) is -1.39. The van der Waals surface area contributed by atoms with Crippen molar-refractivity contribution in [2.24, 2.45) is 0 Å². The summed E-state index contributed by atoms with van der Waals surface area (Å²) >= 11 is 0. The molecule has 1 fully saturated rings. The normalized spacial score (nSPS) is 19.6. The molecule has 96 valence electrons.